The number of aliphatic carboxylic acids is 1. The number of phenols is 1. The van der Waals surface area contributed by atoms with Crippen molar-refractivity contribution in [1.29, 1.82) is 0 Å². The van der Waals surface area contributed by atoms with Crippen molar-refractivity contribution in [1.82, 2.24) is 4.90 Å². The summed E-state index contributed by atoms with van der Waals surface area (Å²) in [6.45, 7) is 0.369. The number of anilines is 1. The Hall–Kier alpha value is -2.24. The van der Waals surface area contributed by atoms with Gasteiger partial charge in [-0.2, -0.15) is 0 Å². The number of aromatic hydroxyl groups is 1. The molecule has 104 valence electrons. The standard InChI is InChI=1S/C13H18N2O4/c1-14(8-4-7-12(17)18)13(19)15(2)10-5-3-6-11(16)9-10/h3,5-6,9,16H,4,7-8H2,1-2H3,(H,17,18). The summed E-state index contributed by atoms with van der Waals surface area (Å²) < 4.78 is 0. The molecule has 0 saturated carbocycles. The van der Waals surface area contributed by atoms with Crippen molar-refractivity contribution in [3.63, 3.8) is 0 Å². The number of nitrogens with zero attached hydrogens (tertiary/aromatic N) is 2. The summed E-state index contributed by atoms with van der Waals surface area (Å²) in [6.07, 6.45) is 0.443. The summed E-state index contributed by atoms with van der Waals surface area (Å²) >= 11 is 0. The molecule has 0 unspecified atom stereocenters. The van der Waals surface area contributed by atoms with Gasteiger partial charge in [-0.3, -0.25) is 9.69 Å². The van der Waals surface area contributed by atoms with Crippen LogP contribution in [0.5, 0.6) is 5.75 Å². The number of carbonyl (C=O) groups excluding carboxylic acids is 1. The Bertz CT molecular complexity index is 462. The monoisotopic (exact) mass is 266 g/mol. The first-order chi connectivity index (χ1) is 8.91. The second kappa shape index (κ2) is 6.63. The van der Waals surface area contributed by atoms with Crippen molar-refractivity contribution in [3.8, 4) is 5.75 Å². The topological polar surface area (TPSA) is 81.1 Å². The predicted molar refractivity (Wildman–Crippen MR) is 71.4 cm³/mol. The van der Waals surface area contributed by atoms with Gasteiger partial charge in [0.2, 0.25) is 0 Å². The normalized spacial score (nSPS) is 10.0. The van der Waals surface area contributed by atoms with E-state index in [0.717, 1.165) is 0 Å². The van der Waals surface area contributed by atoms with Crippen molar-refractivity contribution in [3.05, 3.63) is 24.3 Å². The molecule has 1 rings (SSSR count). The summed E-state index contributed by atoms with van der Waals surface area (Å²) in [7, 11) is 3.22. The van der Waals surface area contributed by atoms with Gasteiger partial charge in [-0.1, -0.05) is 6.07 Å². The number of hydrogen-bond acceptors (Lipinski definition) is 3. The van der Waals surface area contributed by atoms with Crippen LogP contribution >= 0.6 is 0 Å². The molecule has 0 atom stereocenters. The third-order valence-electron chi connectivity index (χ3n) is 2.71. The smallest absolute Gasteiger partial charge is 0.323 e. The number of hydrogen-bond donors (Lipinski definition) is 2. The van der Waals surface area contributed by atoms with Crippen LogP contribution in [0, 0.1) is 0 Å². The maximum atomic E-state index is 12.1. The number of amides is 2. The van der Waals surface area contributed by atoms with Crippen LogP contribution in [0.4, 0.5) is 10.5 Å². The van der Waals surface area contributed by atoms with Crippen LogP contribution < -0.4 is 4.90 Å². The molecule has 0 bridgehead atoms. The van der Waals surface area contributed by atoms with Gasteiger partial charge in [-0.15, -0.1) is 0 Å². The molecular formula is C13H18N2O4. The van der Waals surface area contributed by atoms with E-state index in [2.05, 4.69) is 0 Å². The van der Waals surface area contributed by atoms with E-state index in [-0.39, 0.29) is 18.2 Å². The summed E-state index contributed by atoms with van der Waals surface area (Å²) in [5.41, 5.74) is 0.579. The first-order valence-corrected chi connectivity index (χ1v) is 5.91. The van der Waals surface area contributed by atoms with Crippen LogP contribution in [0.15, 0.2) is 24.3 Å². The van der Waals surface area contributed by atoms with Gasteiger partial charge in [0.15, 0.2) is 0 Å². The molecule has 0 aliphatic heterocycles. The summed E-state index contributed by atoms with van der Waals surface area (Å²) in [6, 6.07) is 6.12. The molecule has 2 amide bonds. The van der Waals surface area contributed by atoms with E-state index in [1.54, 1.807) is 26.2 Å². The molecular weight excluding hydrogens is 248 g/mol. The molecule has 2 N–H and O–H groups in total. The van der Waals surface area contributed by atoms with E-state index in [4.69, 9.17) is 5.11 Å². The Morgan fingerprint density at radius 1 is 1.26 bits per heavy atom. The van der Waals surface area contributed by atoms with Crippen LogP contribution in [0.1, 0.15) is 12.8 Å². The predicted octanol–water partition coefficient (Wildman–Crippen LogP) is 1.74. The average molecular weight is 266 g/mol. The van der Waals surface area contributed by atoms with Gasteiger partial charge in [0.25, 0.3) is 0 Å². The second-order valence-electron chi connectivity index (χ2n) is 4.28. The lowest BCUT2D eigenvalue weighted by Crippen LogP contribution is -2.39. The summed E-state index contributed by atoms with van der Waals surface area (Å²) in [5.74, 6) is -0.784. The molecule has 0 saturated heterocycles. The fraction of sp³-hybridized carbons (Fsp3) is 0.385. The van der Waals surface area contributed by atoms with Gasteiger partial charge in [0.05, 0.1) is 0 Å². The van der Waals surface area contributed by atoms with Gasteiger partial charge in [-0.05, 0) is 18.6 Å². The summed E-state index contributed by atoms with van der Waals surface area (Å²) in [5, 5.41) is 17.9. The minimum Gasteiger partial charge on any atom is -0.508 e. The SMILES string of the molecule is CN(CCCC(=O)O)C(=O)N(C)c1cccc(O)c1. The first kappa shape index (κ1) is 14.8. The Kier molecular flexibility index (Phi) is 5.17. The molecule has 0 aliphatic carbocycles. The molecule has 1 aromatic carbocycles. The molecule has 19 heavy (non-hydrogen) atoms. The van der Waals surface area contributed by atoms with E-state index in [1.807, 2.05) is 0 Å². The van der Waals surface area contributed by atoms with Crippen molar-refractivity contribution in [2.45, 2.75) is 12.8 Å². The van der Waals surface area contributed by atoms with Crippen LogP contribution in [-0.4, -0.2) is 47.8 Å². The van der Waals surface area contributed by atoms with Gasteiger partial charge in [0.1, 0.15) is 5.75 Å². The number of carbonyl (C=O) groups is 2. The largest absolute Gasteiger partial charge is 0.508 e. The Morgan fingerprint density at radius 3 is 2.53 bits per heavy atom. The van der Waals surface area contributed by atoms with Crippen molar-refractivity contribution < 1.29 is 19.8 Å². The van der Waals surface area contributed by atoms with Gasteiger partial charge in [0, 0.05) is 38.8 Å². The zero-order valence-electron chi connectivity index (χ0n) is 11.0. The Balaban J connectivity index is 2.58. The molecule has 0 radical (unpaired) electrons. The number of carboxylic acids is 1. The highest BCUT2D eigenvalue weighted by Crippen LogP contribution is 2.19. The van der Waals surface area contributed by atoms with E-state index < -0.39 is 5.97 Å². The van der Waals surface area contributed by atoms with Crippen LogP contribution in [-0.2, 0) is 4.79 Å². The average Bonchev–Trinajstić information content (AvgIpc) is 2.36. The van der Waals surface area contributed by atoms with Crippen LogP contribution in [0.25, 0.3) is 0 Å². The van der Waals surface area contributed by atoms with Gasteiger partial charge >= 0.3 is 12.0 Å². The Labute approximate surface area is 111 Å². The summed E-state index contributed by atoms with van der Waals surface area (Å²) in [4.78, 5) is 25.3. The fourth-order valence-electron chi connectivity index (χ4n) is 1.63. The molecule has 0 aliphatic rings. The van der Waals surface area contributed by atoms with Gasteiger partial charge in [-0.25, -0.2) is 4.79 Å². The quantitative estimate of drug-likeness (QED) is 0.850. The number of phenolic OH excluding ortho intramolecular Hbond substituents is 1. The number of carboxylic acid groups (broad SMARTS) is 1. The number of rotatable bonds is 5. The zero-order chi connectivity index (χ0) is 14.4. The van der Waals surface area contributed by atoms with E-state index >= 15 is 0 Å². The molecule has 6 nitrogen and oxygen atoms in total. The molecule has 0 aromatic heterocycles. The number of benzene rings is 1. The molecule has 0 heterocycles. The van der Waals surface area contributed by atoms with Crippen molar-refractivity contribution >= 4 is 17.7 Å². The lowest BCUT2D eigenvalue weighted by atomic mass is 10.3. The highest BCUT2D eigenvalue weighted by molar-refractivity contribution is 5.91. The fourth-order valence-corrected chi connectivity index (χ4v) is 1.63. The highest BCUT2D eigenvalue weighted by atomic mass is 16.4. The van der Waals surface area contributed by atoms with Crippen molar-refractivity contribution in [2.24, 2.45) is 0 Å². The minimum atomic E-state index is -0.873. The lowest BCUT2D eigenvalue weighted by molar-refractivity contribution is -0.137. The van der Waals surface area contributed by atoms with E-state index in [1.165, 1.54) is 21.9 Å². The van der Waals surface area contributed by atoms with E-state index in [0.29, 0.717) is 18.7 Å². The lowest BCUT2D eigenvalue weighted by Gasteiger charge is -2.24. The molecule has 6 heteroatoms. The molecule has 1 aromatic rings. The third kappa shape index (κ3) is 4.50. The minimum absolute atomic E-state index is 0.0352. The zero-order valence-corrected chi connectivity index (χ0v) is 11.0. The van der Waals surface area contributed by atoms with Crippen LogP contribution in [0.3, 0.4) is 0 Å². The number of urea groups is 1. The molecule has 0 spiro atoms. The van der Waals surface area contributed by atoms with Gasteiger partial charge < -0.3 is 15.1 Å². The first-order valence-electron chi connectivity index (χ1n) is 5.91. The van der Waals surface area contributed by atoms with Crippen molar-refractivity contribution in [2.75, 3.05) is 25.5 Å². The second-order valence-corrected chi connectivity index (χ2v) is 4.28. The van der Waals surface area contributed by atoms with E-state index in [9.17, 15) is 14.7 Å². The maximum Gasteiger partial charge on any atom is 0.323 e. The maximum absolute atomic E-state index is 12.1. The van der Waals surface area contributed by atoms with Crippen LogP contribution in [0.2, 0.25) is 0 Å². The molecule has 0 fully saturated rings. The highest BCUT2D eigenvalue weighted by Gasteiger charge is 2.15. The third-order valence-corrected chi connectivity index (χ3v) is 2.71. The Morgan fingerprint density at radius 2 is 1.95 bits per heavy atom.